The topological polar surface area (TPSA) is 278 Å². The van der Waals surface area contributed by atoms with E-state index in [4.69, 9.17) is 43.6 Å². The number of fused-ring (bicyclic) bond motifs is 5. The minimum absolute atomic E-state index is 0.0301. The summed E-state index contributed by atoms with van der Waals surface area (Å²) in [4.78, 5) is 34.8. The molecule has 7 rings (SSSR count). The summed E-state index contributed by atoms with van der Waals surface area (Å²) in [7, 11) is -7.04. The molecule has 0 aromatic carbocycles. The van der Waals surface area contributed by atoms with Crippen LogP contribution in [0.15, 0.2) is 23.8 Å². The summed E-state index contributed by atoms with van der Waals surface area (Å²) in [5, 5.41) is 11.1. The van der Waals surface area contributed by atoms with Crippen LogP contribution in [0, 0.1) is 0 Å². The van der Waals surface area contributed by atoms with Crippen molar-refractivity contribution in [3.63, 3.8) is 0 Å². The molecule has 3 aliphatic rings. The van der Waals surface area contributed by atoms with Crippen molar-refractivity contribution in [3.8, 4) is 0 Å². The lowest BCUT2D eigenvalue weighted by Gasteiger charge is -2.25. The minimum atomic E-state index is -4.57. The number of alkyl halides is 1. The van der Waals surface area contributed by atoms with Crippen LogP contribution in [0.4, 0.5) is 16.2 Å². The van der Waals surface area contributed by atoms with Crippen molar-refractivity contribution in [3.05, 3.63) is 29.3 Å². The van der Waals surface area contributed by atoms with Gasteiger partial charge in [-0.3, -0.25) is 41.6 Å². The van der Waals surface area contributed by atoms with Crippen molar-refractivity contribution in [2.24, 2.45) is 0 Å². The molecule has 24 heteroatoms. The quantitative estimate of drug-likeness (QED) is 0.201. The number of rotatable bonds is 3. The van der Waals surface area contributed by atoms with Gasteiger partial charge in [0.25, 0.3) is 5.56 Å². The average molecular weight is 674 g/mol. The molecule has 242 valence electrons. The summed E-state index contributed by atoms with van der Waals surface area (Å²) in [6.07, 6.45) is -8.45. The summed E-state index contributed by atoms with van der Waals surface area (Å²) in [6.45, 7) is -1.22. The highest BCUT2D eigenvalue weighted by molar-refractivity contribution is 7.48. The van der Waals surface area contributed by atoms with E-state index in [0.29, 0.717) is 0 Å². The molecule has 0 radical (unpaired) electrons. The molecule has 6 unspecified atom stereocenters. The normalized spacial score (nSPS) is 36.0. The second-order valence-corrected chi connectivity index (χ2v) is 12.8. The molecule has 0 amide bonds. The second kappa shape index (κ2) is 11.4. The molecule has 4 aromatic heterocycles. The third kappa shape index (κ3) is 5.22. The van der Waals surface area contributed by atoms with Crippen molar-refractivity contribution in [2.45, 2.75) is 49.1 Å². The van der Waals surface area contributed by atoms with E-state index in [1.54, 1.807) is 0 Å². The molecule has 6 N–H and O–H groups in total. The van der Waals surface area contributed by atoms with E-state index in [9.17, 15) is 19.0 Å². The molecular weight excluding hydrogens is 649 g/mol. The smallest absolute Gasteiger partial charge is 0.387 e. The SMILES string of the molecule is COP1(=O)OC[C@H]2O[C@@H](n3cnc4c(=O)[nH]c(N)nc43)C(O[PH](=O)OC[C@H]3O[C@@H](n4cnc5c(N)ncnc54)C(F)C3O1)C2O. The molecule has 45 heavy (non-hydrogen) atoms. The van der Waals surface area contributed by atoms with Crippen LogP contribution in [0.1, 0.15) is 12.5 Å². The number of aliphatic hydroxyl groups excluding tert-OH is 1. The van der Waals surface area contributed by atoms with Crippen LogP contribution in [0.5, 0.6) is 0 Å². The van der Waals surface area contributed by atoms with Gasteiger partial charge < -0.3 is 30.6 Å². The number of aromatic nitrogens is 8. The molecule has 2 bridgehead atoms. The van der Waals surface area contributed by atoms with Gasteiger partial charge in [-0.05, 0) is 0 Å². The van der Waals surface area contributed by atoms with Gasteiger partial charge in [0.15, 0.2) is 41.3 Å². The number of nitrogens with one attached hydrogen (secondary N) is 1. The molecule has 21 nitrogen and oxygen atoms in total. The maximum absolute atomic E-state index is 16.0. The summed E-state index contributed by atoms with van der Waals surface area (Å²) < 4.78 is 84.0. The zero-order chi connectivity index (χ0) is 31.6. The fourth-order valence-corrected chi connectivity index (χ4v) is 7.28. The summed E-state index contributed by atoms with van der Waals surface area (Å²) in [5.74, 6) is -0.174. The number of anilines is 2. The number of aliphatic hydroxyl groups is 1. The van der Waals surface area contributed by atoms with Crippen molar-refractivity contribution < 1.29 is 50.7 Å². The monoisotopic (exact) mass is 674 g/mol. The number of hydrogen-bond acceptors (Lipinski definition) is 18. The van der Waals surface area contributed by atoms with Crippen LogP contribution in [-0.4, -0.2) is 101 Å². The minimum Gasteiger partial charge on any atom is -0.387 e. The predicted octanol–water partition coefficient (Wildman–Crippen LogP) is -0.421. The lowest BCUT2D eigenvalue weighted by Crippen LogP contribution is -2.35. The summed E-state index contributed by atoms with van der Waals surface area (Å²) in [6, 6.07) is 0. The molecule has 0 saturated carbocycles. The predicted molar refractivity (Wildman–Crippen MR) is 146 cm³/mol. The lowest BCUT2D eigenvalue weighted by molar-refractivity contribution is -0.0625. The fourth-order valence-electron chi connectivity index (χ4n) is 5.31. The Hall–Kier alpha value is -3.43. The number of phosphoric ester groups is 1. The molecule has 3 saturated heterocycles. The standard InChI is InChI=1S/C21H25FN10O11P2/c1-37-45(36)39-3-7-12(33)14(20(40-7)32-6-28-11-17(32)29-21(24)30-18(11)34)42-44(35)38-2-8-13(43-45)9(22)19(41-8)31-5-27-10-15(23)25-4-26-16(10)31/h4-9,12-14,19-20,33,44H,2-3H2,1H3,(H2,23,25,26)(H3,24,29,30,34)/t7-,8-,9?,12?,13?,14?,19-,20-,45?/m1/s1. The van der Waals surface area contributed by atoms with E-state index in [0.717, 1.165) is 13.4 Å². The Morgan fingerprint density at radius 1 is 1.07 bits per heavy atom. The number of nitrogen functional groups attached to an aromatic ring is 2. The van der Waals surface area contributed by atoms with Crippen molar-refractivity contribution >= 4 is 50.2 Å². The van der Waals surface area contributed by atoms with Gasteiger partial charge in [0.2, 0.25) is 5.95 Å². The van der Waals surface area contributed by atoms with Crippen LogP contribution < -0.4 is 17.0 Å². The number of hydrogen-bond donors (Lipinski definition) is 4. The maximum Gasteiger partial charge on any atom is 0.475 e. The first-order chi connectivity index (χ1) is 21.6. The average Bonchev–Trinajstić information content (AvgIpc) is 3.77. The van der Waals surface area contributed by atoms with E-state index in [1.807, 2.05) is 0 Å². The highest BCUT2D eigenvalue weighted by atomic mass is 31.2. The van der Waals surface area contributed by atoms with Gasteiger partial charge in [-0.25, -0.2) is 28.9 Å². The number of halogens is 1. The van der Waals surface area contributed by atoms with Crippen LogP contribution in [0.2, 0.25) is 0 Å². The number of imidazole rings is 2. The Bertz CT molecular complexity index is 1890. The van der Waals surface area contributed by atoms with Crippen LogP contribution in [0.25, 0.3) is 22.3 Å². The van der Waals surface area contributed by atoms with E-state index >= 15 is 4.39 Å². The van der Waals surface area contributed by atoms with Gasteiger partial charge in [0.1, 0.15) is 42.4 Å². The highest BCUT2D eigenvalue weighted by Gasteiger charge is 2.53. The zero-order valence-corrected chi connectivity index (χ0v) is 24.8. The van der Waals surface area contributed by atoms with Crippen LogP contribution >= 0.6 is 16.1 Å². The first-order valence-corrected chi connectivity index (χ1v) is 15.9. The lowest BCUT2D eigenvalue weighted by atomic mass is 10.1. The van der Waals surface area contributed by atoms with Crippen molar-refractivity contribution in [1.82, 2.24) is 39.0 Å². The molecular formula is C21H25FN10O11P2. The number of phosphoric acid groups is 1. The Kier molecular flexibility index (Phi) is 7.68. The molecule has 3 fully saturated rings. The van der Waals surface area contributed by atoms with Gasteiger partial charge in [-0.1, -0.05) is 0 Å². The maximum atomic E-state index is 16.0. The Balaban J connectivity index is 1.20. The Morgan fingerprint density at radius 2 is 1.80 bits per heavy atom. The first kappa shape index (κ1) is 30.2. The van der Waals surface area contributed by atoms with Crippen molar-refractivity contribution in [1.29, 1.82) is 0 Å². The number of nitrogens with two attached hydrogens (primary N) is 2. The van der Waals surface area contributed by atoms with E-state index in [2.05, 4.69) is 29.9 Å². The Morgan fingerprint density at radius 3 is 2.58 bits per heavy atom. The number of H-pyrrole nitrogens is 1. The van der Waals surface area contributed by atoms with Gasteiger partial charge in [-0.2, -0.15) is 4.98 Å². The largest absolute Gasteiger partial charge is 0.475 e. The van der Waals surface area contributed by atoms with Crippen LogP contribution in [0.3, 0.4) is 0 Å². The highest BCUT2D eigenvalue weighted by Crippen LogP contribution is 2.54. The van der Waals surface area contributed by atoms with E-state index < -0.39 is 84.0 Å². The molecule has 7 heterocycles. The molecule has 0 aliphatic carbocycles. The molecule has 3 aliphatic heterocycles. The summed E-state index contributed by atoms with van der Waals surface area (Å²) in [5.41, 5.74) is 11.1. The van der Waals surface area contributed by atoms with Crippen molar-refractivity contribution in [2.75, 3.05) is 31.8 Å². The Labute approximate surface area is 250 Å². The molecule has 4 aromatic rings. The first-order valence-electron chi connectivity index (χ1n) is 13.2. The second-order valence-electron chi connectivity index (χ2n) is 10.1. The fraction of sp³-hybridized carbons (Fsp3) is 0.524. The number of nitrogens with zero attached hydrogens (tertiary/aromatic N) is 7. The van der Waals surface area contributed by atoms with Gasteiger partial charge in [0, 0.05) is 7.11 Å². The third-order valence-electron chi connectivity index (χ3n) is 7.43. The number of ether oxygens (including phenoxy) is 2. The van der Waals surface area contributed by atoms with Gasteiger partial charge in [-0.15, -0.1) is 0 Å². The van der Waals surface area contributed by atoms with Gasteiger partial charge in [0.05, 0.1) is 25.9 Å². The van der Waals surface area contributed by atoms with Gasteiger partial charge >= 0.3 is 16.1 Å². The van der Waals surface area contributed by atoms with E-state index in [1.165, 1.54) is 21.8 Å². The van der Waals surface area contributed by atoms with Crippen LogP contribution in [-0.2, 0) is 41.2 Å². The third-order valence-corrected chi connectivity index (χ3v) is 9.72. The van der Waals surface area contributed by atoms with E-state index in [-0.39, 0.29) is 34.1 Å². The summed E-state index contributed by atoms with van der Waals surface area (Å²) >= 11 is 0. The zero-order valence-electron chi connectivity index (χ0n) is 22.9. The number of aromatic amines is 1. The molecule has 10 atom stereocenters. The molecule has 0 spiro atoms.